The van der Waals surface area contributed by atoms with E-state index in [1.165, 1.54) is 26.6 Å². The maximum absolute atomic E-state index is 12.5. The van der Waals surface area contributed by atoms with Gasteiger partial charge >= 0.3 is 11.9 Å². The number of methoxy groups -OCH3 is 4. The number of nitrogens with one attached hydrogen (secondary N) is 2. The molecule has 0 aliphatic heterocycles. The van der Waals surface area contributed by atoms with Crippen molar-refractivity contribution in [3.8, 4) is 34.5 Å². The monoisotopic (exact) mass is 766 g/mol. The fourth-order valence-electron chi connectivity index (χ4n) is 5.22. The number of nitrogens with zero attached hydrogens (tertiary/aromatic N) is 2. The van der Waals surface area contributed by atoms with Crippen LogP contribution >= 0.6 is 0 Å². The Morgan fingerprint density at radius 1 is 0.482 bits per heavy atom. The standard InChI is InChI=1S/C42H46N4O10/c1-51-33-19-15-31(16-20-33)41(49)55-35-23-13-29(25-37(35)53-3)27-43-45-39(47)11-9-7-5-6-8-10-12-40(48)46-44-28-30-14-24-36(38(26-30)54-4)56-42(50)32-17-21-34(52-2)22-18-32/h13-28H,5-12H2,1-4H3,(H,45,47)(H,46,48). The van der Waals surface area contributed by atoms with Gasteiger partial charge in [-0.05, 0) is 109 Å². The summed E-state index contributed by atoms with van der Waals surface area (Å²) in [6.45, 7) is 0. The Morgan fingerprint density at radius 2 is 0.857 bits per heavy atom. The Hall–Kier alpha value is -6.70. The highest BCUT2D eigenvalue weighted by molar-refractivity contribution is 5.92. The van der Waals surface area contributed by atoms with Crippen LogP contribution in [0.2, 0.25) is 0 Å². The van der Waals surface area contributed by atoms with Crippen molar-refractivity contribution in [2.75, 3.05) is 28.4 Å². The van der Waals surface area contributed by atoms with Crippen LogP contribution < -0.4 is 39.3 Å². The molecule has 0 saturated heterocycles. The fraction of sp³-hybridized carbons (Fsp3) is 0.286. The maximum Gasteiger partial charge on any atom is 0.343 e. The Balaban J connectivity index is 1.06. The minimum absolute atomic E-state index is 0.196. The number of amides is 2. The molecule has 4 rings (SSSR count). The van der Waals surface area contributed by atoms with Gasteiger partial charge in [0.2, 0.25) is 11.8 Å². The van der Waals surface area contributed by atoms with Gasteiger partial charge in [-0.25, -0.2) is 20.4 Å². The first-order valence-corrected chi connectivity index (χ1v) is 17.9. The predicted molar refractivity (Wildman–Crippen MR) is 210 cm³/mol. The molecule has 56 heavy (non-hydrogen) atoms. The van der Waals surface area contributed by atoms with Gasteiger partial charge in [-0.15, -0.1) is 0 Å². The molecule has 4 aromatic rings. The lowest BCUT2D eigenvalue weighted by Crippen LogP contribution is -2.17. The first kappa shape index (κ1) is 42.0. The third-order valence-electron chi connectivity index (χ3n) is 8.30. The highest BCUT2D eigenvalue weighted by atomic mass is 16.6. The molecule has 0 aromatic heterocycles. The van der Waals surface area contributed by atoms with Crippen LogP contribution in [-0.2, 0) is 9.59 Å². The van der Waals surface area contributed by atoms with Crippen molar-refractivity contribution in [3.63, 3.8) is 0 Å². The number of carbonyl (C=O) groups excluding carboxylic acids is 4. The zero-order chi connectivity index (χ0) is 40.1. The lowest BCUT2D eigenvalue weighted by molar-refractivity contribution is -0.122. The van der Waals surface area contributed by atoms with Crippen molar-refractivity contribution in [1.82, 2.24) is 10.9 Å². The Labute approximate surface area is 325 Å². The highest BCUT2D eigenvalue weighted by Crippen LogP contribution is 2.30. The van der Waals surface area contributed by atoms with Gasteiger partial charge in [0.05, 0.1) is 52.0 Å². The van der Waals surface area contributed by atoms with Crippen molar-refractivity contribution < 1.29 is 47.6 Å². The smallest absolute Gasteiger partial charge is 0.343 e. The van der Waals surface area contributed by atoms with Crippen LogP contribution in [0.15, 0.2) is 95.1 Å². The van der Waals surface area contributed by atoms with Gasteiger partial charge < -0.3 is 28.4 Å². The van der Waals surface area contributed by atoms with Crippen LogP contribution in [0.4, 0.5) is 0 Å². The van der Waals surface area contributed by atoms with Crippen molar-refractivity contribution >= 4 is 36.2 Å². The molecule has 2 amide bonds. The van der Waals surface area contributed by atoms with E-state index in [0.29, 0.717) is 58.1 Å². The minimum Gasteiger partial charge on any atom is -0.497 e. The summed E-state index contributed by atoms with van der Waals surface area (Å²) in [6.07, 6.45) is 8.72. The third-order valence-corrected chi connectivity index (χ3v) is 8.30. The van der Waals surface area contributed by atoms with Crippen LogP contribution in [0, 0.1) is 0 Å². The average molecular weight is 767 g/mol. The van der Waals surface area contributed by atoms with Gasteiger partial charge in [-0.1, -0.05) is 25.7 Å². The summed E-state index contributed by atoms with van der Waals surface area (Å²) >= 11 is 0. The van der Waals surface area contributed by atoms with Crippen LogP contribution in [0.1, 0.15) is 83.2 Å². The van der Waals surface area contributed by atoms with E-state index < -0.39 is 11.9 Å². The zero-order valence-electron chi connectivity index (χ0n) is 31.9. The summed E-state index contributed by atoms with van der Waals surface area (Å²) in [7, 11) is 6.02. The number of rotatable bonds is 21. The number of hydrogen-bond acceptors (Lipinski definition) is 12. The SMILES string of the molecule is COc1ccc(C(=O)Oc2ccc(C=NNC(=O)CCCCCCCCC(=O)NN=Cc3ccc(OC(=O)c4ccc(OC)cc4)c(OC)c3)cc2OC)cc1. The molecule has 294 valence electrons. The number of esters is 2. The third kappa shape index (κ3) is 13.6. The molecule has 0 unspecified atom stereocenters. The largest absolute Gasteiger partial charge is 0.497 e. The quantitative estimate of drug-likeness (QED) is 0.0299. The molecule has 0 fully saturated rings. The molecule has 14 nitrogen and oxygen atoms in total. The van der Waals surface area contributed by atoms with Gasteiger partial charge in [-0.2, -0.15) is 10.2 Å². The lowest BCUT2D eigenvalue weighted by Gasteiger charge is -2.10. The predicted octanol–water partition coefficient (Wildman–Crippen LogP) is 6.88. The molecule has 0 heterocycles. The molecule has 0 radical (unpaired) electrons. The van der Waals surface area contributed by atoms with Crippen molar-refractivity contribution in [3.05, 3.63) is 107 Å². The van der Waals surface area contributed by atoms with E-state index in [9.17, 15) is 19.2 Å². The number of ether oxygens (including phenoxy) is 6. The van der Waals surface area contributed by atoms with Crippen LogP contribution in [0.5, 0.6) is 34.5 Å². The Kier molecular flexibility index (Phi) is 16.9. The van der Waals surface area contributed by atoms with E-state index in [1.807, 2.05) is 0 Å². The van der Waals surface area contributed by atoms with Gasteiger partial charge in [0.25, 0.3) is 0 Å². The molecular formula is C42H46N4O10. The van der Waals surface area contributed by atoms with Gasteiger partial charge in [-0.3, -0.25) is 9.59 Å². The van der Waals surface area contributed by atoms with E-state index in [2.05, 4.69) is 21.1 Å². The van der Waals surface area contributed by atoms with Crippen molar-refractivity contribution in [2.24, 2.45) is 10.2 Å². The number of hydrazone groups is 2. The van der Waals surface area contributed by atoms with Crippen LogP contribution in [0.25, 0.3) is 0 Å². The Morgan fingerprint density at radius 3 is 1.21 bits per heavy atom. The molecule has 0 atom stereocenters. The van der Waals surface area contributed by atoms with E-state index >= 15 is 0 Å². The number of unbranched alkanes of at least 4 members (excludes halogenated alkanes) is 5. The summed E-state index contributed by atoms with van der Waals surface area (Å²) in [4.78, 5) is 49.6. The molecule has 0 aliphatic rings. The average Bonchev–Trinajstić information content (AvgIpc) is 3.22. The maximum atomic E-state index is 12.5. The van der Waals surface area contributed by atoms with Gasteiger partial charge in [0, 0.05) is 12.8 Å². The number of carbonyl (C=O) groups is 4. The second-order valence-electron chi connectivity index (χ2n) is 12.3. The van der Waals surface area contributed by atoms with Gasteiger partial charge in [0.15, 0.2) is 23.0 Å². The second-order valence-corrected chi connectivity index (χ2v) is 12.3. The summed E-state index contributed by atoms with van der Waals surface area (Å²) in [5.74, 6) is 0.957. The second kappa shape index (κ2) is 22.5. The van der Waals surface area contributed by atoms with Crippen molar-refractivity contribution in [2.45, 2.75) is 51.4 Å². The van der Waals surface area contributed by atoms with Crippen molar-refractivity contribution in [1.29, 1.82) is 0 Å². The van der Waals surface area contributed by atoms with E-state index in [4.69, 9.17) is 28.4 Å². The molecule has 4 aromatic carbocycles. The normalized spacial score (nSPS) is 10.9. The number of benzene rings is 4. The molecule has 2 N–H and O–H groups in total. The Bertz CT molecular complexity index is 1840. The summed E-state index contributed by atoms with van der Waals surface area (Å²) in [5.41, 5.74) is 7.08. The summed E-state index contributed by atoms with van der Waals surface area (Å²) in [5, 5.41) is 8.06. The topological polar surface area (TPSA) is 172 Å². The van der Waals surface area contributed by atoms with E-state index in [1.54, 1.807) is 99.1 Å². The molecule has 0 spiro atoms. The number of hydrogen-bond donors (Lipinski definition) is 2. The molecule has 0 saturated carbocycles. The highest BCUT2D eigenvalue weighted by Gasteiger charge is 2.15. The van der Waals surface area contributed by atoms with E-state index in [0.717, 1.165) is 38.5 Å². The lowest BCUT2D eigenvalue weighted by atomic mass is 10.1. The van der Waals surface area contributed by atoms with Crippen LogP contribution in [0.3, 0.4) is 0 Å². The summed E-state index contributed by atoms with van der Waals surface area (Å²) < 4.78 is 32.0. The zero-order valence-corrected chi connectivity index (χ0v) is 31.9. The molecular weight excluding hydrogens is 720 g/mol. The molecule has 0 bridgehead atoms. The summed E-state index contributed by atoms with van der Waals surface area (Å²) in [6, 6.07) is 23.0. The fourth-order valence-corrected chi connectivity index (χ4v) is 5.22. The first-order valence-electron chi connectivity index (χ1n) is 17.9. The van der Waals surface area contributed by atoms with E-state index in [-0.39, 0.29) is 23.3 Å². The molecule has 0 aliphatic carbocycles. The molecule has 14 heteroatoms. The van der Waals surface area contributed by atoms with Crippen LogP contribution in [-0.4, -0.2) is 64.6 Å². The first-order chi connectivity index (χ1) is 27.2. The van der Waals surface area contributed by atoms with Gasteiger partial charge in [0.1, 0.15) is 11.5 Å². The minimum atomic E-state index is -0.540.